The van der Waals surface area contributed by atoms with Crippen molar-refractivity contribution >= 4 is 61.9 Å². The van der Waals surface area contributed by atoms with Gasteiger partial charge in [-0.25, -0.2) is 0 Å². The van der Waals surface area contributed by atoms with Crippen LogP contribution in [0.2, 0.25) is 0 Å². The number of H-pyrrole nitrogens is 1. The smallest absolute Gasteiger partial charge is 0.243 e. The van der Waals surface area contributed by atoms with Crippen LogP contribution in [0.15, 0.2) is 90.4 Å². The Morgan fingerprint density at radius 2 is 1.30 bits per heavy atom. The van der Waals surface area contributed by atoms with Crippen molar-refractivity contribution in [2.45, 2.75) is 68.7 Å². The van der Waals surface area contributed by atoms with E-state index in [1.54, 1.807) is 6.20 Å². The number of nitrogens with two attached hydrogens (primary N) is 2. The quantitative estimate of drug-likeness (QED) is 0.0796. The van der Waals surface area contributed by atoms with Gasteiger partial charge in [0.15, 0.2) is 0 Å². The molecular weight excluding hydrogens is 705 g/mol. The first-order valence-corrected chi connectivity index (χ1v) is 18.9. The lowest BCUT2D eigenvalue weighted by molar-refractivity contribution is -0.136. The zero-order valence-corrected chi connectivity index (χ0v) is 30.8. The number of hydrogen-bond acceptors (Lipinski definition) is 8. The molecule has 0 bridgehead atoms. The molecule has 6 rings (SSSR count). The Morgan fingerprint density at radius 3 is 1.96 bits per heavy atom. The van der Waals surface area contributed by atoms with Gasteiger partial charge in [-0.3, -0.25) is 24.0 Å². The fourth-order valence-corrected chi connectivity index (χ4v) is 7.84. The van der Waals surface area contributed by atoms with Crippen LogP contribution in [-0.2, 0) is 43.2 Å². The highest BCUT2D eigenvalue weighted by Gasteiger charge is 2.41. The number of piperidine rings is 1. The molecular formula is C40H46N8O5S. The first-order chi connectivity index (χ1) is 26.0. The average Bonchev–Trinajstić information content (AvgIpc) is 3.78. The molecule has 14 heteroatoms. The Balaban J connectivity index is 1.31. The second-order valence-corrected chi connectivity index (χ2v) is 14.8. The van der Waals surface area contributed by atoms with E-state index in [0.29, 0.717) is 25.9 Å². The molecule has 3 aromatic carbocycles. The predicted octanol–water partition coefficient (Wildman–Crippen LogP) is 1.94. The molecule has 1 saturated heterocycles. The summed E-state index contributed by atoms with van der Waals surface area (Å²) in [7, 11) is 0. The Hall–Kier alpha value is -5.57. The molecule has 2 aromatic heterocycles. The van der Waals surface area contributed by atoms with Crippen LogP contribution in [0.3, 0.4) is 0 Å². The van der Waals surface area contributed by atoms with Crippen molar-refractivity contribution in [2.75, 3.05) is 13.1 Å². The van der Waals surface area contributed by atoms with E-state index < -0.39 is 59.2 Å². The largest absolute Gasteiger partial charge is 0.368 e. The number of aromatic nitrogens is 1. The molecule has 5 amide bonds. The van der Waals surface area contributed by atoms with Crippen LogP contribution in [0.25, 0.3) is 21.0 Å². The summed E-state index contributed by atoms with van der Waals surface area (Å²) < 4.78 is 1.03. The lowest BCUT2D eigenvalue weighted by atomic mass is 9.87. The van der Waals surface area contributed by atoms with E-state index in [-0.39, 0.29) is 19.3 Å². The number of amides is 5. The van der Waals surface area contributed by atoms with Gasteiger partial charge in [0.2, 0.25) is 29.5 Å². The third kappa shape index (κ3) is 8.96. The Morgan fingerprint density at radius 1 is 0.722 bits per heavy atom. The summed E-state index contributed by atoms with van der Waals surface area (Å²) in [5.41, 5.74) is 13.7. The first-order valence-electron chi connectivity index (χ1n) is 18.1. The van der Waals surface area contributed by atoms with E-state index in [0.717, 1.165) is 37.7 Å². The molecule has 5 aromatic rings. The van der Waals surface area contributed by atoms with Gasteiger partial charge in [0.05, 0.1) is 6.04 Å². The minimum Gasteiger partial charge on any atom is -0.368 e. The molecule has 54 heavy (non-hydrogen) atoms. The number of carbonyl (C=O) groups excluding carboxylic acids is 5. The minimum absolute atomic E-state index is 0.0630. The van der Waals surface area contributed by atoms with Gasteiger partial charge < -0.3 is 43.0 Å². The van der Waals surface area contributed by atoms with E-state index in [1.807, 2.05) is 84.2 Å². The number of fused-ring (bicyclic) bond motifs is 2. The summed E-state index contributed by atoms with van der Waals surface area (Å²) in [4.78, 5) is 71.7. The molecule has 0 saturated carbocycles. The summed E-state index contributed by atoms with van der Waals surface area (Å²) in [6.07, 6.45) is 2.70. The second-order valence-electron chi connectivity index (χ2n) is 13.9. The van der Waals surface area contributed by atoms with E-state index in [1.165, 1.54) is 18.3 Å². The maximum Gasteiger partial charge on any atom is 0.243 e. The summed E-state index contributed by atoms with van der Waals surface area (Å²) in [5, 5.41) is 18.4. The fourth-order valence-electron chi connectivity index (χ4n) is 6.87. The maximum atomic E-state index is 14.5. The topological polar surface area (TPSA) is 213 Å². The SMILES string of the molecule is C[C@@H](N)C(=O)N[C@H](Cc1csc2ccccc12)C(=O)N[C@H](Cc1c[nH]c2ccccc12)C(=O)N[C@@H](Cc1ccccc1)C(=O)NC1(C(N)=O)CCNCC1. The van der Waals surface area contributed by atoms with Crippen LogP contribution in [0, 0.1) is 0 Å². The normalized spacial score (nSPS) is 16.1. The summed E-state index contributed by atoms with van der Waals surface area (Å²) in [6, 6.07) is 20.3. The van der Waals surface area contributed by atoms with E-state index in [4.69, 9.17) is 11.5 Å². The Bertz CT molecular complexity index is 2120. The summed E-state index contributed by atoms with van der Waals surface area (Å²) >= 11 is 1.53. The number of aromatic amines is 1. The lowest BCUT2D eigenvalue weighted by Gasteiger charge is -2.36. The molecule has 4 atom stereocenters. The summed E-state index contributed by atoms with van der Waals surface area (Å²) in [5.74, 6) is -2.96. The van der Waals surface area contributed by atoms with Crippen molar-refractivity contribution in [3.8, 4) is 0 Å². The van der Waals surface area contributed by atoms with Crippen LogP contribution in [-0.4, -0.2) is 77.3 Å². The zero-order valence-electron chi connectivity index (χ0n) is 30.0. The molecule has 282 valence electrons. The fraction of sp³-hybridized carbons (Fsp3) is 0.325. The van der Waals surface area contributed by atoms with Crippen molar-refractivity contribution in [1.82, 2.24) is 31.6 Å². The Kier molecular flexibility index (Phi) is 12.1. The van der Waals surface area contributed by atoms with Crippen LogP contribution in [0.4, 0.5) is 0 Å². The number of hydrogen-bond donors (Lipinski definition) is 8. The van der Waals surface area contributed by atoms with Crippen molar-refractivity contribution in [2.24, 2.45) is 11.5 Å². The monoisotopic (exact) mass is 750 g/mol. The molecule has 0 spiro atoms. The second kappa shape index (κ2) is 17.1. The van der Waals surface area contributed by atoms with Crippen LogP contribution in [0.5, 0.6) is 0 Å². The average molecular weight is 751 g/mol. The third-order valence-corrected chi connectivity index (χ3v) is 11.0. The highest BCUT2D eigenvalue weighted by Crippen LogP contribution is 2.27. The number of carbonyl (C=O) groups is 5. The van der Waals surface area contributed by atoms with E-state index in [9.17, 15) is 24.0 Å². The number of nitrogens with one attached hydrogen (secondary N) is 6. The van der Waals surface area contributed by atoms with Gasteiger partial charge in [-0.1, -0.05) is 66.7 Å². The van der Waals surface area contributed by atoms with Crippen molar-refractivity contribution in [3.63, 3.8) is 0 Å². The van der Waals surface area contributed by atoms with Gasteiger partial charge in [0, 0.05) is 41.1 Å². The molecule has 3 heterocycles. The van der Waals surface area contributed by atoms with Crippen LogP contribution < -0.4 is 38.1 Å². The standard InChI is InChI=1S/C40H46N8O5S/c1-24(41)35(49)45-33(21-27-23-54-34-14-8-6-12-29(27)34)37(51)47-32(20-26-22-44-30-13-7-5-11-28(26)30)36(50)46-31(19-25-9-3-2-4-10-25)38(52)48-40(39(42)53)15-17-43-18-16-40/h2-14,22-24,31-33,43-44H,15-21,41H2,1H3,(H2,42,53)(H,45,49)(H,46,50)(H,47,51)(H,48,52)/t24-,31+,32-,33-/m1/s1. The molecule has 0 aliphatic carbocycles. The van der Waals surface area contributed by atoms with Crippen LogP contribution in [0.1, 0.15) is 36.5 Å². The number of thiophene rings is 1. The molecule has 1 fully saturated rings. The van der Waals surface area contributed by atoms with Gasteiger partial charge in [-0.2, -0.15) is 0 Å². The third-order valence-electron chi connectivity index (χ3n) is 9.97. The van der Waals surface area contributed by atoms with Gasteiger partial charge in [0.1, 0.15) is 23.7 Å². The molecule has 0 radical (unpaired) electrons. The van der Waals surface area contributed by atoms with Gasteiger partial charge >= 0.3 is 0 Å². The summed E-state index contributed by atoms with van der Waals surface area (Å²) in [6.45, 7) is 2.50. The highest BCUT2D eigenvalue weighted by molar-refractivity contribution is 7.17. The van der Waals surface area contributed by atoms with E-state index >= 15 is 0 Å². The highest BCUT2D eigenvalue weighted by atomic mass is 32.1. The maximum absolute atomic E-state index is 14.5. The molecule has 0 unspecified atom stereocenters. The first kappa shape index (κ1) is 38.2. The van der Waals surface area contributed by atoms with Crippen molar-refractivity contribution in [1.29, 1.82) is 0 Å². The van der Waals surface area contributed by atoms with Gasteiger partial charge in [0.25, 0.3) is 0 Å². The van der Waals surface area contributed by atoms with E-state index in [2.05, 4.69) is 31.6 Å². The van der Waals surface area contributed by atoms with Gasteiger partial charge in [-0.15, -0.1) is 11.3 Å². The molecule has 1 aliphatic heterocycles. The number of para-hydroxylation sites is 1. The van der Waals surface area contributed by atoms with Crippen molar-refractivity contribution in [3.05, 3.63) is 107 Å². The zero-order chi connectivity index (χ0) is 38.2. The minimum atomic E-state index is -1.28. The predicted molar refractivity (Wildman–Crippen MR) is 209 cm³/mol. The lowest BCUT2D eigenvalue weighted by Crippen LogP contribution is -2.65. The number of primary amides is 1. The van der Waals surface area contributed by atoms with Crippen LogP contribution >= 0.6 is 11.3 Å². The molecule has 10 N–H and O–H groups in total. The number of benzene rings is 3. The number of rotatable bonds is 15. The van der Waals surface area contributed by atoms with Crippen molar-refractivity contribution < 1.29 is 24.0 Å². The van der Waals surface area contributed by atoms with Gasteiger partial charge in [-0.05, 0) is 72.4 Å². The molecule has 13 nitrogen and oxygen atoms in total. The molecule has 1 aliphatic rings. The Labute approximate surface area is 317 Å².